The van der Waals surface area contributed by atoms with Crippen molar-refractivity contribution in [2.24, 2.45) is 7.05 Å². The number of hydrogen-bond donors (Lipinski definition) is 1. The smallest absolute Gasteiger partial charge is 0.416 e. The second kappa shape index (κ2) is 5.79. The van der Waals surface area contributed by atoms with E-state index < -0.39 is 29.7 Å². The molecule has 2 aromatic rings. The number of amides is 1. The number of carboxylic acids is 1. The Bertz CT molecular complexity index is 853. The average molecular weight is 354 g/mol. The van der Waals surface area contributed by atoms with Crippen LogP contribution in [0.15, 0.2) is 24.3 Å². The van der Waals surface area contributed by atoms with Gasteiger partial charge in [-0.05, 0) is 44.0 Å². The summed E-state index contributed by atoms with van der Waals surface area (Å²) in [5, 5.41) is 9.53. The maximum absolute atomic E-state index is 12.9. The fraction of sp³-hybridized carbons (Fsp3) is 0.412. The number of carboxylic acid groups (broad SMARTS) is 1. The molecule has 1 aromatic carbocycles. The zero-order valence-corrected chi connectivity index (χ0v) is 13.7. The first-order chi connectivity index (χ1) is 11.6. The lowest BCUT2D eigenvalue weighted by molar-refractivity contribution is -0.142. The molecule has 0 bridgehead atoms. The molecular weight excluding hydrogens is 337 g/mol. The van der Waals surface area contributed by atoms with Crippen LogP contribution < -0.4 is 0 Å². The minimum atomic E-state index is -4.47. The second-order valence-corrected chi connectivity index (χ2v) is 6.32. The highest BCUT2D eigenvalue weighted by molar-refractivity contribution is 6.00. The van der Waals surface area contributed by atoms with Crippen molar-refractivity contribution >= 4 is 22.8 Å². The number of nitrogens with zero attached hydrogens (tertiary/aromatic N) is 2. The summed E-state index contributed by atoms with van der Waals surface area (Å²) in [5.41, 5.74) is -0.132. The highest BCUT2D eigenvalue weighted by Gasteiger charge is 2.40. The van der Waals surface area contributed by atoms with Crippen molar-refractivity contribution in [3.63, 3.8) is 0 Å². The van der Waals surface area contributed by atoms with Gasteiger partial charge >= 0.3 is 12.1 Å². The van der Waals surface area contributed by atoms with Gasteiger partial charge in [0, 0.05) is 24.0 Å². The first-order valence-electron chi connectivity index (χ1n) is 7.83. The molecule has 8 heteroatoms. The number of alkyl halides is 3. The quantitative estimate of drug-likeness (QED) is 0.917. The van der Waals surface area contributed by atoms with Gasteiger partial charge < -0.3 is 14.6 Å². The van der Waals surface area contributed by atoms with Crippen molar-refractivity contribution in [3.8, 4) is 0 Å². The van der Waals surface area contributed by atoms with Crippen molar-refractivity contribution in [2.75, 3.05) is 0 Å². The molecule has 1 heterocycles. The lowest BCUT2D eigenvalue weighted by atomic mass is 10.1. The molecule has 134 valence electrons. The van der Waals surface area contributed by atoms with Crippen molar-refractivity contribution in [1.29, 1.82) is 0 Å². The molecule has 5 nitrogen and oxygen atoms in total. The van der Waals surface area contributed by atoms with Gasteiger partial charge in [-0.1, -0.05) is 0 Å². The van der Waals surface area contributed by atoms with Gasteiger partial charge in [0.05, 0.1) is 5.56 Å². The maximum Gasteiger partial charge on any atom is 0.416 e. The summed E-state index contributed by atoms with van der Waals surface area (Å²) in [5.74, 6) is -1.59. The van der Waals surface area contributed by atoms with Crippen LogP contribution in [-0.4, -0.2) is 38.5 Å². The maximum atomic E-state index is 12.9. The van der Waals surface area contributed by atoms with E-state index in [-0.39, 0.29) is 11.7 Å². The van der Waals surface area contributed by atoms with Crippen LogP contribution in [0.5, 0.6) is 0 Å². The molecule has 1 fully saturated rings. The van der Waals surface area contributed by atoms with Gasteiger partial charge in [0.15, 0.2) is 0 Å². The summed E-state index contributed by atoms with van der Waals surface area (Å²) in [7, 11) is 1.58. The van der Waals surface area contributed by atoms with Crippen LogP contribution in [0.2, 0.25) is 0 Å². The molecule has 3 rings (SSSR count). The van der Waals surface area contributed by atoms with Crippen LogP contribution in [0.3, 0.4) is 0 Å². The summed E-state index contributed by atoms with van der Waals surface area (Å²) < 4.78 is 40.1. The van der Waals surface area contributed by atoms with Crippen molar-refractivity contribution in [3.05, 3.63) is 35.5 Å². The molecule has 1 aliphatic carbocycles. The topological polar surface area (TPSA) is 62.5 Å². The Hall–Kier alpha value is -2.51. The van der Waals surface area contributed by atoms with Gasteiger partial charge in [-0.2, -0.15) is 13.2 Å². The van der Waals surface area contributed by atoms with E-state index in [0.29, 0.717) is 10.9 Å². The summed E-state index contributed by atoms with van der Waals surface area (Å²) in [6.07, 6.45) is -3.01. The SMILES string of the molecule is CC(C(=O)O)N(C(=O)c1cc2cc(C(F)(F)F)ccc2n1C)C1CC1. The number of halogens is 3. The zero-order chi connectivity index (χ0) is 18.5. The first-order valence-corrected chi connectivity index (χ1v) is 7.83. The number of carbonyl (C=O) groups excluding carboxylic acids is 1. The normalized spacial score (nSPS) is 16.0. The Kier molecular flexibility index (Phi) is 4.01. The highest BCUT2D eigenvalue weighted by atomic mass is 19.4. The van der Waals surface area contributed by atoms with E-state index in [1.165, 1.54) is 28.5 Å². The van der Waals surface area contributed by atoms with Crippen molar-refractivity contribution in [1.82, 2.24) is 9.47 Å². The molecule has 1 amide bonds. The lowest BCUT2D eigenvalue weighted by Crippen LogP contribution is -2.45. The molecule has 1 N–H and O–H groups in total. The number of aromatic nitrogens is 1. The number of fused-ring (bicyclic) bond motifs is 1. The molecule has 1 aliphatic rings. The van der Waals surface area contributed by atoms with Crippen LogP contribution in [0.4, 0.5) is 13.2 Å². The predicted molar refractivity (Wildman–Crippen MR) is 84.2 cm³/mol. The van der Waals surface area contributed by atoms with E-state index in [2.05, 4.69) is 0 Å². The Morgan fingerprint density at radius 3 is 2.44 bits per heavy atom. The number of rotatable bonds is 4. The van der Waals surface area contributed by atoms with E-state index in [0.717, 1.165) is 25.0 Å². The molecule has 0 radical (unpaired) electrons. The third-order valence-electron chi connectivity index (χ3n) is 4.54. The number of aliphatic carboxylic acids is 1. The van der Waals surface area contributed by atoms with Gasteiger partial charge in [0.25, 0.3) is 5.91 Å². The lowest BCUT2D eigenvalue weighted by Gasteiger charge is -2.26. The van der Waals surface area contributed by atoms with E-state index in [4.69, 9.17) is 0 Å². The second-order valence-electron chi connectivity index (χ2n) is 6.32. The molecule has 1 unspecified atom stereocenters. The van der Waals surface area contributed by atoms with Crippen LogP contribution in [0.25, 0.3) is 10.9 Å². The van der Waals surface area contributed by atoms with Gasteiger partial charge in [-0.15, -0.1) is 0 Å². The number of benzene rings is 1. The summed E-state index contributed by atoms with van der Waals surface area (Å²) >= 11 is 0. The van der Waals surface area contributed by atoms with Gasteiger partial charge in [0.2, 0.25) is 0 Å². The highest BCUT2D eigenvalue weighted by Crippen LogP contribution is 2.34. The standard InChI is InChI=1S/C17H17F3N2O3/c1-9(16(24)25)22(12-4-5-12)15(23)14-8-10-7-11(17(18,19)20)3-6-13(10)21(14)2/h3,6-9,12H,4-5H2,1-2H3,(H,24,25). The summed E-state index contributed by atoms with van der Waals surface area (Å²) in [6.45, 7) is 1.43. The van der Waals surface area contributed by atoms with E-state index in [9.17, 15) is 27.9 Å². The molecule has 1 saturated carbocycles. The minimum absolute atomic E-state index is 0.137. The third-order valence-corrected chi connectivity index (χ3v) is 4.54. The van der Waals surface area contributed by atoms with E-state index >= 15 is 0 Å². The molecule has 1 aromatic heterocycles. The van der Waals surface area contributed by atoms with Crippen LogP contribution >= 0.6 is 0 Å². The largest absolute Gasteiger partial charge is 0.480 e. The monoisotopic (exact) mass is 354 g/mol. The van der Waals surface area contributed by atoms with Gasteiger partial charge in [0.1, 0.15) is 11.7 Å². The molecule has 0 aliphatic heterocycles. The predicted octanol–water partition coefficient (Wildman–Crippen LogP) is 3.27. The van der Waals surface area contributed by atoms with Crippen molar-refractivity contribution in [2.45, 2.75) is 38.0 Å². The van der Waals surface area contributed by atoms with Crippen LogP contribution in [0, 0.1) is 0 Å². The van der Waals surface area contributed by atoms with Crippen molar-refractivity contribution < 1.29 is 27.9 Å². The zero-order valence-electron chi connectivity index (χ0n) is 13.7. The number of hydrogen-bond acceptors (Lipinski definition) is 2. The van der Waals surface area contributed by atoms with E-state index in [1.54, 1.807) is 7.05 Å². The van der Waals surface area contributed by atoms with Gasteiger partial charge in [-0.3, -0.25) is 4.79 Å². The molecular formula is C17H17F3N2O3. The Labute approximate surface area is 141 Å². The van der Waals surface area contributed by atoms with Gasteiger partial charge in [-0.25, -0.2) is 4.79 Å². The molecule has 0 spiro atoms. The fourth-order valence-corrected chi connectivity index (χ4v) is 2.99. The summed E-state index contributed by atoms with van der Waals surface area (Å²) in [4.78, 5) is 25.5. The van der Waals surface area contributed by atoms with E-state index in [1.807, 2.05) is 0 Å². The Morgan fingerprint density at radius 1 is 1.28 bits per heavy atom. The number of carbonyl (C=O) groups is 2. The molecule has 1 atom stereocenters. The Morgan fingerprint density at radius 2 is 1.92 bits per heavy atom. The number of aryl methyl sites for hydroxylation is 1. The summed E-state index contributed by atoms with van der Waals surface area (Å²) in [6, 6.07) is 3.53. The van der Waals surface area contributed by atoms with Crippen LogP contribution in [-0.2, 0) is 18.0 Å². The molecule has 0 saturated heterocycles. The average Bonchev–Trinajstić information content (AvgIpc) is 3.30. The minimum Gasteiger partial charge on any atom is -0.480 e. The Balaban J connectivity index is 2.04. The third kappa shape index (κ3) is 3.08. The first kappa shape index (κ1) is 17.3. The fourth-order valence-electron chi connectivity index (χ4n) is 2.99. The molecule has 25 heavy (non-hydrogen) atoms. The van der Waals surface area contributed by atoms with Crippen LogP contribution in [0.1, 0.15) is 35.8 Å².